The number of nitrogens with two attached hydrogens (primary N) is 1. The maximum Gasteiger partial charge on any atom is 0.0889 e. The van der Waals surface area contributed by atoms with Crippen LogP contribution in [0.25, 0.3) is 5.69 Å². The summed E-state index contributed by atoms with van der Waals surface area (Å²) in [6.07, 6.45) is 4.44. The third-order valence-electron chi connectivity index (χ3n) is 2.84. The Kier molecular flexibility index (Phi) is 2.14. The van der Waals surface area contributed by atoms with Crippen LogP contribution >= 0.6 is 11.6 Å². The van der Waals surface area contributed by atoms with Crippen LogP contribution in [0.15, 0.2) is 30.5 Å². The first-order chi connectivity index (χ1) is 7.74. The van der Waals surface area contributed by atoms with Gasteiger partial charge in [0.15, 0.2) is 0 Å². The van der Waals surface area contributed by atoms with Gasteiger partial charge in [0.2, 0.25) is 0 Å². The Bertz CT molecular complexity index is 529. The zero-order valence-corrected chi connectivity index (χ0v) is 9.48. The maximum absolute atomic E-state index is 5.95. The molecule has 3 nitrogen and oxygen atoms in total. The summed E-state index contributed by atoms with van der Waals surface area (Å²) in [5.74, 6) is 0.654. The minimum atomic E-state index is 0.654. The number of rotatable bonds is 2. The van der Waals surface area contributed by atoms with Crippen molar-refractivity contribution in [2.75, 3.05) is 5.73 Å². The molecule has 4 heteroatoms. The molecule has 1 aliphatic rings. The van der Waals surface area contributed by atoms with Gasteiger partial charge in [0, 0.05) is 17.1 Å². The quantitative estimate of drug-likeness (QED) is 0.811. The first-order valence-corrected chi connectivity index (χ1v) is 5.73. The van der Waals surface area contributed by atoms with E-state index < -0.39 is 0 Å². The van der Waals surface area contributed by atoms with Crippen LogP contribution < -0.4 is 5.73 Å². The first-order valence-electron chi connectivity index (χ1n) is 5.35. The molecule has 1 aromatic heterocycles. The predicted molar refractivity (Wildman–Crippen MR) is 65.0 cm³/mol. The van der Waals surface area contributed by atoms with Crippen LogP contribution in [0, 0.1) is 0 Å². The molecule has 2 N–H and O–H groups in total. The molecule has 0 aliphatic heterocycles. The summed E-state index contributed by atoms with van der Waals surface area (Å²) in [7, 11) is 0. The second-order valence-electron chi connectivity index (χ2n) is 4.16. The third-order valence-corrected chi connectivity index (χ3v) is 3.08. The van der Waals surface area contributed by atoms with E-state index in [-0.39, 0.29) is 0 Å². The fraction of sp³-hybridized carbons (Fsp3) is 0.250. The summed E-state index contributed by atoms with van der Waals surface area (Å²) in [4.78, 5) is 0. The molecule has 1 fully saturated rings. The number of nitrogen functional groups attached to an aromatic ring is 1. The number of nitrogens with zero attached hydrogens (tertiary/aromatic N) is 2. The molecule has 1 heterocycles. The molecule has 0 amide bonds. The van der Waals surface area contributed by atoms with Crippen molar-refractivity contribution in [1.29, 1.82) is 0 Å². The molecular formula is C12H12ClN3. The van der Waals surface area contributed by atoms with Gasteiger partial charge in [-0.2, -0.15) is 5.10 Å². The van der Waals surface area contributed by atoms with Crippen LogP contribution in [-0.4, -0.2) is 9.78 Å². The zero-order valence-electron chi connectivity index (χ0n) is 8.73. The van der Waals surface area contributed by atoms with Gasteiger partial charge in [-0.15, -0.1) is 0 Å². The Labute approximate surface area is 98.8 Å². The summed E-state index contributed by atoms with van der Waals surface area (Å²) in [5.41, 5.74) is 8.59. The van der Waals surface area contributed by atoms with Gasteiger partial charge in [0.1, 0.15) is 0 Å². The van der Waals surface area contributed by atoms with Gasteiger partial charge >= 0.3 is 0 Å². The molecule has 2 aromatic rings. The van der Waals surface area contributed by atoms with Gasteiger partial charge in [-0.25, -0.2) is 4.68 Å². The lowest BCUT2D eigenvalue weighted by Crippen LogP contribution is -2.00. The van der Waals surface area contributed by atoms with E-state index in [2.05, 4.69) is 11.2 Å². The van der Waals surface area contributed by atoms with E-state index in [4.69, 9.17) is 17.3 Å². The smallest absolute Gasteiger partial charge is 0.0889 e. The molecule has 16 heavy (non-hydrogen) atoms. The Balaban J connectivity index is 2.03. The molecule has 3 rings (SSSR count). The number of aromatic nitrogens is 2. The molecule has 0 unspecified atom stereocenters. The summed E-state index contributed by atoms with van der Waals surface area (Å²) in [5, 5.41) is 5.20. The lowest BCUT2D eigenvalue weighted by atomic mass is 10.3. The van der Waals surface area contributed by atoms with Crippen molar-refractivity contribution < 1.29 is 0 Å². The van der Waals surface area contributed by atoms with Crippen LogP contribution in [0.4, 0.5) is 5.69 Å². The highest BCUT2D eigenvalue weighted by Gasteiger charge is 2.26. The standard InChI is InChI=1S/C12H12ClN3/c13-9-3-4-10(14)12(7-9)16-6-5-11(15-16)8-1-2-8/h3-8H,1-2,14H2. The van der Waals surface area contributed by atoms with Crippen molar-refractivity contribution in [3.63, 3.8) is 0 Å². The molecule has 0 atom stereocenters. The number of halogens is 1. The molecule has 1 saturated carbocycles. The topological polar surface area (TPSA) is 43.8 Å². The van der Waals surface area contributed by atoms with E-state index in [1.165, 1.54) is 12.8 Å². The van der Waals surface area contributed by atoms with Gasteiger partial charge in [-0.1, -0.05) is 11.6 Å². The SMILES string of the molecule is Nc1ccc(Cl)cc1-n1ccc(C2CC2)n1. The highest BCUT2D eigenvalue weighted by atomic mass is 35.5. The maximum atomic E-state index is 5.95. The Morgan fingerprint density at radius 2 is 2.12 bits per heavy atom. The normalized spacial score (nSPS) is 15.3. The number of hydrogen-bond donors (Lipinski definition) is 1. The predicted octanol–water partition coefficient (Wildman–Crippen LogP) is 2.99. The molecule has 0 bridgehead atoms. The Hall–Kier alpha value is -1.48. The van der Waals surface area contributed by atoms with Crippen LogP contribution in [-0.2, 0) is 0 Å². The fourth-order valence-corrected chi connectivity index (χ4v) is 1.95. The molecule has 0 radical (unpaired) electrons. The Morgan fingerprint density at radius 3 is 2.88 bits per heavy atom. The lowest BCUT2D eigenvalue weighted by Gasteiger charge is -2.05. The van der Waals surface area contributed by atoms with E-state index in [9.17, 15) is 0 Å². The Morgan fingerprint density at radius 1 is 1.31 bits per heavy atom. The van der Waals surface area contributed by atoms with Crippen molar-refractivity contribution in [3.8, 4) is 5.69 Å². The highest BCUT2D eigenvalue weighted by molar-refractivity contribution is 6.30. The van der Waals surface area contributed by atoms with Gasteiger partial charge in [0.05, 0.1) is 17.1 Å². The van der Waals surface area contributed by atoms with Crippen LogP contribution in [0.1, 0.15) is 24.5 Å². The molecule has 82 valence electrons. The van der Waals surface area contributed by atoms with Gasteiger partial charge in [0.25, 0.3) is 0 Å². The lowest BCUT2D eigenvalue weighted by molar-refractivity contribution is 0.839. The average molecular weight is 234 g/mol. The number of anilines is 1. The van der Waals surface area contributed by atoms with Crippen LogP contribution in [0.2, 0.25) is 5.02 Å². The summed E-state index contributed by atoms with van der Waals surface area (Å²) in [6.45, 7) is 0. The van der Waals surface area contributed by atoms with Crippen molar-refractivity contribution in [2.24, 2.45) is 0 Å². The number of benzene rings is 1. The van der Waals surface area contributed by atoms with E-state index in [0.717, 1.165) is 11.4 Å². The van der Waals surface area contributed by atoms with Crippen molar-refractivity contribution in [1.82, 2.24) is 9.78 Å². The van der Waals surface area contributed by atoms with Crippen molar-refractivity contribution in [2.45, 2.75) is 18.8 Å². The highest BCUT2D eigenvalue weighted by Crippen LogP contribution is 2.39. The fourth-order valence-electron chi connectivity index (χ4n) is 1.78. The minimum absolute atomic E-state index is 0.654. The van der Waals surface area contributed by atoms with Gasteiger partial charge < -0.3 is 5.73 Å². The van der Waals surface area contributed by atoms with E-state index in [1.807, 2.05) is 12.3 Å². The minimum Gasteiger partial charge on any atom is -0.397 e. The van der Waals surface area contributed by atoms with E-state index in [0.29, 0.717) is 16.6 Å². The summed E-state index contributed by atoms with van der Waals surface area (Å²) in [6, 6.07) is 7.47. The largest absolute Gasteiger partial charge is 0.397 e. The second kappa shape index (κ2) is 3.52. The number of hydrogen-bond acceptors (Lipinski definition) is 2. The van der Waals surface area contributed by atoms with Gasteiger partial charge in [-0.3, -0.25) is 0 Å². The monoisotopic (exact) mass is 233 g/mol. The van der Waals surface area contributed by atoms with Gasteiger partial charge in [-0.05, 0) is 37.1 Å². The molecule has 0 saturated heterocycles. The van der Waals surface area contributed by atoms with Crippen LogP contribution in [0.3, 0.4) is 0 Å². The summed E-state index contributed by atoms with van der Waals surface area (Å²) < 4.78 is 1.80. The van der Waals surface area contributed by atoms with Crippen molar-refractivity contribution in [3.05, 3.63) is 41.2 Å². The second-order valence-corrected chi connectivity index (χ2v) is 4.60. The van der Waals surface area contributed by atoms with E-state index >= 15 is 0 Å². The van der Waals surface area contributed by atoms with E-state index in [1.54, 1.807) is 16.8 Å². The molecule has 1 aliphatic carbocycles. The zero-order chi connectivity index (χ0) is 11.1. The third kappa shape index (κ3) is 1.67. The first kappa shape index (κ1) is 9.73. The van der Waals surface area contributed by atoms with Crippen molar-refractivity contribution >= 4 is 17.3 Å². The molecule has 1 aromatic carbocycles. The average Bonchev–Trinajstić information content (AvgIpc) is 3.01. The molecule has 0 spiro atoms. The molecular weight excluding hydrogens is 222 g/mol. The van der Waals surface area contributed by atoms with Crippen LogP contribution in [0.5, 0.6) is 0 Å². The summed E-state index contributed by atoms with van der Waals surface area (Å²) >= 11 is 5.95.